The van der Waals surface area contributed by atoms with Crippen LogP contribution in [0.2, 0.25) is 0 Å². The molecule has 1 heterocycles. The summed E-state index contributed by atoms with van der Waals surface area (Å²) >= 11 is 0. The van der Waals surface area contributed by atoms with Gasteiger partial charge in [0.1, 0.15) is 11.3 Å². The summed E-state index contributed by atoms with van der Waals surface area (Å²) in [6.45, 7) is 0. The Labute approximate surface area is 111 Å². The first-order valence-electron chi connectivity index (χ1n) is 5.65. The molecule has 20 heavy (non-hydrogen) atoms. The number of oxazole rings is 1. The Morgan fingerprint density at radius 2 is 2.05 bits per heavy atom. The SMILES string of the molecule is Nc1cc([N+](=O)[O-])ccc1-c1nc2ccc(F)cc2o1. The highest BCUT2D eigenvalue weighted by Crippen LogP contribution is 2.31. The average Bonchev–Trinajstić information content (AvgIpc) is 2.80. The lowest BCUT2D eigenvalue weighted by molar-refractivity contribution is -0.384. The Morgan fingerprint density at radius 1 is 1.25 bits per heavy atom. The van der Waals surface area contributed by atoms with Gasteiger partial charge in [-0.2, -0.15) is 0 Å². The molecule has 0 fully saturated rings. The van der Waals surface area contributed by atoms with E-state index in [1.165, 1.54) is 36.4 Å². The number of nitro groups is 1. The van der Waals surface area contributed by atoms with Crippen molar-refractivity contribution < 1.29 is 13.7 Å². The van der Waals surface area contributed by atoms with Crippen molar-refractivity contribution in [2.45, 2.75) is 0 Å². The molecule has 1 aromatic heterocycles. The van der Waals surface area contributed by atoms with E-state index < -0.39 is 10.7 Å². The Bertz CT molecular complexity index is 829. The Morgan fingerprint density at radius 3 is 2.75 bits per heavy atom. The summed E-state index contributed by atoms with van der Waals surface area (Å²) in [5.41, 5.74) is 7.02. The fourth-order valence-corrected chi connectivity index (χ4v) is 1.87. The summed E-state index contributed by atoms with van der Waals surface area (Å²) < 4.78 is 18.5. The van der Waals surface area contributed by atoms with Gasteiger partial charge in [0.2, 0.25) is 5.89 Å². The minimum absolute atomic E-state index is 0.117. The van der Waals surface area contributed by atoms with E-state index in [-0.39, 0.29) is 22.8 Å². The van der Waals surface area contributed by atoms with Crippen molar-refractivity contribution in [1.29, 1.82) is 0 Å². The molecular formula is C13H8FN3O3. The van der Waals surface area contributed by atoms with Crippen LogP contribution >= 0.6 is 0 Å². The number of nitro benzene ring substituents is 1. The molecular weight excluding hydrogens is 265 g/mol. The van der Waals surface area contributed by atoms with Gasteiger partial charge < -0.3 is 10.2 Å². The van der Waals surface area contributed by atoms with Crippen LogP contribution < -0.4 is 5.73 Å². The van der Waals surface area contributed by atoms with Crippen LogP contribution in [0.25, 0.3) is 22.6 Å². The molecule has 2 aromatic carbocycles. The number of nitrogens with two attached hydrogens (primary N) is 1. The van der Waals surface area contributed by atoms with Gasteiger partial charge in [-0.15, -0.1) is 0 Å². The van der Waals surface area contributed by atoms with Crippen LogP contribution in [0.15, 0.2) is 40.8 Å². The fraction of sp³-hybridized carbons (Fsp3) is 0. The van der Waals surface area contributed by atoms with E-state index in [4.69, 9.17) is 10.2 Å². The van der Waals surface area contributed by atoms with Crippen LogP contribution in [0.1, 0.15) is 0 Å². The molecule has 0 bridgehead atoms. The van der Waals surface area contributed by atoms with E-state index in [9.17, 15) is 14.5 Å². The lowest BCUT2D eigenvalue weighted by Gasteiger charge is -2.00. The zero-order valence-corrected chi connectivity index (χ0v) is 10.0. The highest BCUT2D eigenvalue weighted by atomic mass is 19.1. The number of nitrogen functional groups attached to an aromatic ring is 1. The van der Waals surface area contributed by atoms with E-state index >= 15 is 0 Å². The van der Waals surface area contributed by atoms with Gasteiger partial charge in [-0.3, -0.25) is 10.1 Å². The van der Waals surface area contributed by atoms with Crippen LogP contribution in [0.4, 0.5) is 15.8 Å². The molecule has 0 aliphatic carbocycles. The van der Waals surface area contributed by atoms with Crippen LogP contribution in [-0.2, 0) is 0 Å². The molecule has 0 radical (unpaired) electrons. The van der Waals surface area contributed by atoms with Crippen molar-refractivity contribution in [3.63, 3.8) is 0 Å². The largest absolute Gasteiger partial charge is 0.436 e. The average molecular weight is 273 g/mol. The second kappa shape index (κ2) is 4.30. The van der Waals surface area contributed by atoms with Gasteiger partial charge in [0, 0.05) is 18.2 Å². The van der Waals surface area contributed by atoms with E-state index in [0.717, 1.165) is 0 Å². The lowest BCUT2D eigenvalue weighted by Crippen LogP contribution is -1.94. The minimum Gasteiger partial charge on any atom is -0.436 e. The molecule has 6 nitrogen and oxygen atoms in total. The molecule has 7 heteroatoms. The van der Waals surface area contributed by atoms with Crippen LogP contribution in [-0.4, -0.2) is 9.91 Å². The van der Waals surface area contributed by atoms with E-state index in [1.54, 1.807) is 0 Å². The molecule has 3 rings (SSSR count). The van der Waals surface area contributed by atoms with Gasteiger partial charge in [0.05, 0.1) is 16.2 Å². The molecule has 0 aliphatic heterocycles. The van der Waals surface area contributed by atoms with Crippen LogP contribution in [0.3, 0.4) is 0 Å². The molecule has 0 saturated carbocycles. The van der Waals surface area contributed by atoms with Crippen LogP contribution in [0.5, 0.6) is 0 Å². The molecule has 0 amide bonds. The van der Waals surface area contributed by atoms with Gasteiger partial charge in [-0.1, -0.05) is 0 Å². The third-order valence-electron chi connectivity index (χ3n) is 2.83. The van der Waals surface area contributed by atoms with Crippen molar-refractivity contribution in [1.82, 2.24) is 4.98 Å². The van der Waals surface area contributed by atoms with Crippen molar-refractivity contribution in [3.8, 4) is 11.5 Å². The number of rotatable bonds is 2. The predicted octanol–water partition coefficient (Wildman–Crippen LogP) is 3.12. The summed E-state index contributed by atoms with van der Waals surface area (Å²) in [5, 5.41) is 10.6. The second-order valence-corrected chi connectivity index (χ2v) is 4.16. The van der Waals surface area contributed by atoms with Crippen molar-refractivity contribution >= 4 is 22.5 Å². The monoisotopic (exact) mass is 273 g/mol. The predicted molar refractivity (Wildman–Crippen MR) is 70.5 cm³/mol. The maximum atomic E-state index is 13.1. The maximum absolute atomic E-state index is 13.1. The molecule has 100 valence electrons. The topological polar surface area (TPSA) is 95.2 Å². The number of aromatic nitrogens is 1. The Balaban J connectivity index is 2.13. The lowest BCUT2D eigenvalue weighted by atomic mass is 10.1. The number of halogens is 1. The van der Waals surface area contributed by atoms with E-state index in [2.05, 4.69) is 4.98 Å². The van der Waals surface area contributed by atoms with Gasteiger partial charge in [-0.25, -0.2) is 9.37 Å². The third-order valence-corrected chi connectivity index (χ3v) is 2.83. The highest BCUT2D eigenvalue weighted by molar-refractivity contribution is 5.80. The molecule has 0 saturated heterocycles. The second-order valence-electron chi connectivity index (χ2n) is 4.16. The summed E-state index contributed by atoms with van der Waals surface area (Å²) in [7, 11) is 0. The zero-order valence-electron chi connectivity index (χ0n) is 10.0. The van der Waals surface area contributed by atoms with E-state index in [0.29, 0.717) is 11.1 Å². The van der Waals surface area contributed by atoms with Crippen molar-refractivity contribution in [3.05, 3.63) is 52.3 Å². The maximum Gasteiger partial charge on any atom is 0.271 e. The van der Waals surface area contributed by atoms with Gasteiger partial charge in [0.25, 0.3) is 5.69 Å². The molecule has 2 N–H and O–H groups in total. The third kappa shape index (κ3) is 1.95. The van der Waals surface area contributed by atoms with Crippen LogP contribution in [0, 0.1) is 15.9 Å². The highest BCUT2D eigenvalue weighted by Gasteiger charge is 2.15. The molecule has 0 unspecified atom stereocenters. The summed E-state index contributed by atoms with van der Waals surface area (Å²) in [6.07, 6.45) is 0. The van der Waals surface area contributed by atoms with E-state index in [1.807, 2.05) is 0 Å². The first-order chi connectivity index (χ1) is 9.54. The number of fused-ring (bicyclic) bond motifs is 1. The Hall–Kier alpha value is -2.96. The number of hydrogen-bond donors (Lipinski definition) is 1. The number of benzene rings is 2. The number of anilines is 1. The summed E-state index contributed by atoms with van der Waals surface area (Å²) in [5.74, 6) is -0.241. The number of hydrogen-bond acceptors (Lipinski definition) is 5. The van der Waals surface area contributed by atoms with Gasteiger partial charge in [-0.05, 0) is 18.2 Å². The Kier molecular flexibility index (Phi) is 2.60. The zero-order chi connectivity index (χ0) is 14.3. The van der Waals surface area contributed by atoms with Gasteiger partial charge in [0.15, 0.2) is 5.58 Å². The first-order valence-corrected chi connectivity index (χ1v) is 5.65. The summed E-state index contributed by atoms with van der Waals surface area (Å²) in [6, 6.07) is 7.96. The standard InChI is InChI=1S/C13H8FN3O3/c14-7-1-4-11-12(5-7)20-13(16-11)9-3-2-8(17(18)19)6-10(9)15/h1-6H,15H2. The number of nitrogens with zero attached hydrogens (tertiary/aromatic N) is 2. The van der Waals surface area contributed by atoms with Crippen molar-refractivity contribution in [2.24, 2.45) is 0 Å². The number of non-ortho nitro benzene ring substituents is 1. The molecule has 0 aliphatic rings. The molecule has 0 spiro atoms. The quantitative estimate of drug-likeness (QED) is 0.439. The van der Waals surface area contributed by atoms with Crippen molar-refractivity contribution in [2.75, 3.05) is 5.73 Å². The fourth-order valence-electron chi connectivity index (χ4n) is 1.87. The first kappa shape index (κ1) is 12.1. The minimum atomic E-state index is -0.540. The van der Waals surface area contributed by atoms with Gasteiger partial charge >= 0.3 is 0 Å². The molecule has 0 atom stereocenters. The smallest absolute Gasteiger partial charge is 0.271 e. The summed E-state index contributed by atoms with van der Waals surface area (Å²) in [4.78, 5) is 14.3. The molecule has 3 aromatic rings. The normalized spacial score (nSPS) is 10.8.